The summed E-state index contributed by atoms with van der Waals surface area (Å²) in [4.78, 5) is 40.1. The summed E-state index contributed by atoms with van der Waals surface area (Å²) < 4.78 is 17.6. The number of hydrogen-bond acceptors (Lipinski definition) is 7. The molecule has 6 N–H and O–H groups in total. The van der Waals surface area contributed by atoms with Crippen molar-refractivity contribution in [1.29, 1.82) is 0 Å². The van der Waals surface area contributed by atoms with Gasteiger partial charge in [0.15, 0.2) is 23.3 Å². The van der Waals surface area contributed by atoms with E-state index in [0.29, 0.717) is 0 Å². The van der Waals surface area contributed by atoms with Crippen molar-refractivity contribution in [1.82, 2.24) is 19.5 Å². The fourth-order valence-corrected chi connectivity index (χ4v) is 3.27. The molecule has 3 heterocycles. The zero-order valence-electron chi connectivity index (χ0n) is 11.2. The second-order valence-corrected chi connectivity index (χ2v) is 6.84. The van der Waals surface area contributed by atoms with E-state index in [9.17, 15) is 14.5 Å². The highest BCUT2D eigenvalue weighted by Crippen LogP contribution is 2.49. The average Bonchev–Trinajstić information content (AvgIpc) is 2.95. The van der Waals surface area contributed by atoms with Gasteiger partial charge in [0.1, 0.15) is 0 Å². The Bertz CT molecular complexity index is 812. The van der Waals surface area contributed by atoms with E-state index in [2.05, 4.69) is 15.0 Å². The number of H-pyrrole nitrogens is 1. The molecule has 2 aromatic heterocycles. The standard InChI is InChI=1S/C10H14N5O6P/c11-10-13-7-6(8(16)14-10)12-3-15(7)2-4-1-5(21-9(4)17)22(18,19)20/h3-5,9,17H,1-2H2,(H2,18,19,20)(H3,11,13,14,16)/t4-,5-,9-/m1/s1. The van der Waals surface area contributed by atoms with Crippen LogP contribution in [0.3, 0.4) is 0 Å². The lowest BCUT2D eigenvalue weighted by atomic mass is 10.1. The van der Waals surface area contributed by atoms with E-state index in [1.54, 1.807) is 0 Å². The normalized spacial score (nSPS) is 25.9. The molecule has 0 unspecified atom stereocenters. The van der Waals surface area contributed by atoms with Crippen LogP contribution in [0.25, 0.3) is 11.2 Å². The Hall–Kier alpha value is -1.78. The lowest BCUT2D eigenvalue weighted by Gasteiger charge is -2.13. The number of nitrogens with zero attached hydrogens (tertiary/aromatic N) is 3. The van der Waals surface area contributed by atoms with E-state index in [0.717, 1.165) is 0 Å². The predicted octanol–water partition coefficient (Wildman–Crippen LogP) is -1.44. The average molecular weight is 331 g/mol. The minimum absolute atomic E-state index is 0.0240. The largest absolute Gasteiger partial charge is 0.369 e. The maximum atomic E-state index is 11.7. The molecule has 0 spiro atoms. The third-order valence-corrected chi connectivity index (χ3v) is 4.59. The van der Waals surface area contributed by atoms with Crippen molar-refractivity contribution in [3.05, 3.63) is 16.7 Å². The zero-order valence-corrected chi connectivity index (χ0v) is 12.1. The molecule has 1 aliphatic heterocycles. The van der Waals surface area contributed by atoms with Crippen LogP contribution in [0.2, 0.25) is 0 Å². The van der Waals surface area contributed by atoms with Crippen LogP contribution in [0, 0.1) is 5.92 Å². The Labute approximate surface area is 122 Å². The number of aliphatic hydroxyl groups is 1. The molecule has 1 saturated heterocycles. The Morgan fingerprint density at radius 3 is 2.91 bits per heavy atom. The number of nitrogens with one attached hydrogen (secondary N) is 1. The second-order valence-electron chi connectivity index (χ2n) is 5.09. The van der Waals surface area contributed by atoms with Crippen molar-refractivity contribution in [3.8, 4) is 0 Å². The van der Waals surface area contributed by atoms with Crippen LogP contribution < -0.4 is 11.3 Å². The molecule has 11 nitrogen and oxygen atoms in total. The van der Waals surface area contributed by atoms with E-state index in [4.69, 9.17) is 20.3 Å². The Morgan fingerprint density at radius 2 is 2.27 bits per heavy atom. The van der Waals surface area contributed by atoms with E-state index < -0.39 is 31.2 Å². The van der Waals surface area contributed by atoms with Crippen LogP contribution in [0.15, 0.2) is 11.1 Å². The minimum Gasteiger partial charge on any atom is -0.369 e. The van der Waals surface area contributed by atoms with Gasteiger partial charge in [-0.25, -0.2) is 4.98 Å². The highest BCUT2D eigenvalue weighted by atomic mass is 31.2. The second kappa shape index (κ2) is 5.14. The Kier molecular flexibility index (Phi) is 3.54. The summed E-state index contributed by atoms with van der Waals surface area (Å²) in [5, 5.41) is 9.79. The van der Waals surface area contributed by atoms with Crippen molar-refractivity contribution >= 4 is 24.7 Å². The van der Waals surface area contributed by atoms with Crippen molar-refractivity contribution in [2.24, 2.45) is 5.92 Å². The van der Waals surface area contributed by atoms with E-state index in [-0.39, 0.29) is 30.1 Å². The maximum Gasteiger partial charge on any atom is 0.354 e. The lowest BCUT2D eigenvalue weighted by molar-refractivity contribution is -0.0968. The highest BCUT2D eigenvalue weighted by molar-refractivity contribution is 7.52. The number of imidazole rings is 1. The van der Waals surface area contributed by atoms with Crippen LogP contribution in [0.4, 0.5) is 5.95 Å². The first-order valence-corrected chi connectivity index (χ1v) is 8.03. The fraction of sp³-hybridized carbons (Fsp3) is 0.500. The number of hydrogen-bond donors (Lipinski definition) is 5. The Balaban J connectivity index is 1.88. The molecule has 3 rings (SSSR count). The molecule has 0 aliphatic carbocycles. The number of aromatic nitrogens is 4. The molecular formula is C10H14N5O6P. The van der Waals surface area contributed by atoms with Gasteiger partial charge in [-0.05, 0) is 6.42 Å². The quantitative estimate of drug-likeness (QED) is 0.421. The lowest BCUT2D eigenvalue weighted by Crippen LogP contribution is -2.20. The molecule has 1 fully saturated rings. The van der Waals surface area contributed by atoms with E-state index in [1.807, 2.05) is 0 Å². The smallest absolute Gasteiger partial charge is 0.354 e. The van der Waals surface area contributed by atoms with Gasteiger partial charge in [0.05, 0.1) is 6.33 Å². The Morgan fingerprint density at radius 1 is 1.55 bits per heavy atom. The van der Waals surface area contributed by atoms with Crippen LogP contribution in [0.1, 0.15) is 6.42 Å². The first-order chi connectivity index (χ1) is 10.3. The van der Waals surface area contributed by atoms with E-state index in [1.165, 1.54) is 10.9 Å². The molecule has 0 amide bonds. The highest BCUT2D eigenvalue weighted by Gasteiger charge is 2.43. The summed E-state index contributed by atoms with van der Waals surface area (Å²) in [5.41, 5.74) is 5.32. The summed E-state index contributed by atoms with van der Waals surface area (Å²) in [5.74, 6) is -1.99. The number of anilines is 1. The van der Waals surface area contributed by atoms with Crippen molar-refractivity contribution < 1.29 is 24.2 Å². The van der Waals surface area contributed by atoms with Crippen LogP contribution >= 0.6 is 7.60 Å². The zero-order chi connectivity index (χ0) is 16.1. The predicted molar refractivity (Wildman–Crippen MR) is 73.6 cm³/mol. The molecule has 2 aromatic rings. The first kappa shape index (κ1) is 15.1. The number of aromatic amines is 1. The van der Waals surface area contributed by atoms with Gasteiger partial charge in [-0.2, -0.15) is 4.98 Å². The number of ether oxygens (including phenoxy) is 1. The molecule has 0 radical (unpaired) electrons. The van der Waals surface area contributed by atoms with Gasteiger partial charge >= 0.3 is 7.60 Å². The summed E-state index contributed by atoms with van der Waals surface area (Å²) in [6, 6.07) is 0. The number of fused-ring (bicyclic) bond motifs is 1. The van der Waals surface area contributed by atoms with Gasteiger partial charge < -0.3 is 29.9 Å². The summed E-state index contributed by atoms with van der Waals surface area (Å²) in [7, 11) is -4.44. The topological polar surface area (TPSA) is 177 Å². The molecule has 0 aromatic carbocycles. The number of nitrogen functional groups attached to an aromatic ring is 1. The monoisotopic (exact) mass is 331 g/mol. The molecule has 120 valence electrons. The molecule has 1 aliphatic rings. The van der Waals surface area contributed by atoms with Gasteiger partial charge in [0, 0.05) is 12.5 Å². The maximum absolute atomic E-state index is 11.7. The first-order valence-electron chi connectivity index (χ1n) is 6.35. The van der Waals surface area contributed by atoms with Crippen molar-refractivity contribution in [2.45, 2.75) is 25.1 Å². The minimum atomic E-state index is -4.44. The van der Waals surface area contributed by atoms with Gasteiger partial charge in [-0.3, -0.25) is 14.3 Å². The summed E-state index contributed by atoms with van der Waals surface area (Å²) >= 11 is 0. The van der Waals surface area contributed by atoms with Crippen molar-refractivity contribution in [3.63, 3.8) is 0 Å². The summed E-state index contributed by atoms with van der Waals surface area (Å²) in [6.45, 7) is 0.129. The van der Waals surface area contributed by atoms with Gasteiger partial charge in [0.2, 0.25) is 5.95 Å². The van der Waals surface area contributed by atoms with E-state index >= 15 is 0 Å². The fourth-order valence-electron chi connectivity index (χ4n) is 2.44. The van der Waals surface area contributed by atoms with Gasteiger partial charge in [0.25, 0.3) is 5.56 Å². The van der Waals surface area contributed by atoms with Gasteiger partial charge in [-0.1, -0.05) is 0 Å². The van der Waals surface area contributed by atoms with Crippen LogP contribution in [-0.2, 0) is 15.8 Å². The SMILES string of the molecule is Nc1nc2c(ncn2C[C@H]2C[C@@H](P(=O)(O)O)O[C@H]2O)c(=O)[nH]1. The molecule has 12 heteroatoms. The van der Waals surface area contributed by atoms with Crippen molar-refractivity contribution in [2.75, 3.05) is 5.73 Å². The van der Waals surface area contributed by atoms with Gasteiger partial charge in [-0.15, -0.1) is 0 Å². The summed E-state index contributed by atoms with van der Waals surface area (Å²) in [6.07, 6.45) is 0.00244. The molecule has 3 atom stereocenters. The van der Waals surface area contributed by atoms with Crippen LogP contribution in [0.5, 0.6) is 0 Å². The number of nitrogens with two attached hydrogens (primary N) is 1. The molecule has 22 heavy (non-hydrogen) atoms. The molecule has 0 bridgehead atoms. The molecular weight excluding hydrogens is 317 g/mol. The number of rotatable bonds is 3. The third kappa shape index (κ3) is 2.64. The third-order valence-electron chi connectivity index (χ3n) is 3.50. The number of aliphatic hydroxyl groups excluding tert-OH is 1. The molecule has 0 saturated carbocycles. The van der Waals surface area contributed by atoms with Crippen LogP contribution in [-0.4, -0.2) is 46.5 Å².